The largest absolute Gasteiger partial charge is 0.393 e. The van der Waals surface area contributed by atoms with Crippen molar-refractivity contribution in [2.75, 3.05) is 12.3 Å². The lowest BCUT2D eigenvalue weighted by Crippen LogP contribution is -2.30. The Kier molecular flexibility index (Phi) is 7.13. The molecule has 0 saturated carbocycles. The predicted molar refractivity (Wildman–Crippen MR) is 62.2 cm³/mol. The molecule has 15 heavy (non-hydrogen) atoms. The van der Waals surface area contributed by atoms with Gasteiger partial charge in [0.15, 0.2) is 0 Å². The van der Waals surface area contributed by atoms with Gasteiger partial charge in [0.25, 0.3) is 0 Å². The van der Waals surface area contributed by atoms with Gasteiger partial charge in [-0.3, -0.25) is 0 Å². The molecule has 1 unspecified atom stereocenters. The van der Waals surface area contributed by atoms with Crippen LogP contribution in [0.3, 0.4) is 0 Å². The molecule has 0 amide bonds. The third-order valence-corrected chi connectivity index (χ3v) is 3.77. The van der Waals surface area contributed by atoms with Crippen molar-refractivity contribution in [3.63, 3.8) is 0 Å². The van der Waals surface area contributed by atoms with Crippen molar-refractivity contribution in [2.24, 2.45) is 5.92 Å². The van der Waals surface area contributed by atoms with Gasteiger partial charge < -0.3 is 5.11 Å². The second-order valence-electron chi connectivity index (χ2n) is 4.17. The third-order valence-electron chi connectivity index (χ3n) is 2.30. The maximum Gasteiger partial charge on any atom is 0.211 e. The lowest BCUT2D eigenvalue weighted by Gasteiger charge is -2.14. The molecule has 92 valence electrons. The second-order valence-corrected chi connectivity index (χ2v) is 6.09. The van der Waals surface area contributed by atoms with Crippen molar-refractivity contribution in [3.05, 3.63) is 0 Å². The van der Waals surface area contributed by atoms with Gasteiger partial charge in [-0.05, 0) is 18.8 Å². The number of hydrogen-bond acceptors (Lipinski definition) is 3. The Hall–Kier alpha value is -0.130. The number of aliphatic hydroxyl groups is 1. The summed E-state index contributed by atoms with van der Waals surface area (Å²) in [5.41, 5.74) is 0. The fourth-order valence-corrected chi connectivity index (χ4v) is 2.34. The first-order chi connectivity index (χ1) is 6.89. The number of hydrogen-bond donors (Lipinski definition) is 2. The second kappa shape index (κ2) is 7.19. The van der Waals surface area contributed by atoms with Gasteiger partial charge in [0.05, 0.1) is 11.9 Å². The zero-order valence-corrected chi connectivity index (χ0v) is 10.7. The van der Waals surface area contributed by atoms with Crippen molar-refractivity contribution < 1.29 is 13.5 Å². The Morgan fingerprint density at radius 2 is 1.93 bits per heavy atom. The predicted octanol–water partition coefficient (Wildman–Crippen LogP) is 1.11. The molecular weight excluding hydrogens is 214 g/mol. The number of aliphatic hydroxyl groups excluding tert-OH is 1. The smallest absolute Gasteiger partial charge is 0.211 e. The summed E-state index contributed by atoms with van der Waals surface area (Å²) in [6.07, 6.45) is 1.60. The fraction of sp³-hybridized carbons (Fsp3) is 1.00. The first-order valence-electron chi connectivity index (χ1n) is 5.54. The van der Waals surface area contributed by atoms with E-state index >= 15 is 0 Å². The van der Waals surface area contributed by atoms with E-state index in [1.165, 1.54) is 0 Å². The van der Waals surface area contributed by atoms with E-state index in [0.29, 0.717) is 19.4 Å². The van der Waals surface area contributed by atoms with Crippen LogP contribution < -0.4 is 4.72 Å². The summed E-state index contributed by atoms with van der Waals surface area (Å²) < 4.78 is 25.2. The highest BCUT2D eigenvalue weighted by molar-refractivity contribution is 7.89. The highest BCUT2D eigenvalue weighted by Gasteiger charge is 2.12. The van der Waals surface area contributed by atoms with Crippen LogP contribution in [0.1, 0.15) is 40.0 Å². The van der Waals surface area contributed by atoms with Crippen molar-refractivity contribution in [1.82, 2.24) is 4.72 Å². The van der Waals surface area contributed by atoms with E-state index in [0.717, 1.165) is 6.42 Å². The molecule has 0 spiro atoms. The van der Waals surface area contributed by atoms with Crippen molar-refractivity contribution in [2.45, 2.75) is 46.1 Å². The summed E-state index contributed by atoms with van der Waals surface area (Å²) in [6, 6.07) is 0. The van der Waals surface area contributed by atoms with Crippen LogP contribution in [0.2, 0.25) is 0 Å². The fourth-order valence-electron chi connectivity index (χ4n) is 1.10. The molecule has 2 N–H and O–H groups in total. The normalized spacial score (nSPS) is 14.5. The molecule has 1 atom stereocenters. The molecule has 0 bridgehead atoms. The zero-order chi connectivity index (χ0) is 11.9. The topological polar surface area (TPSA) is 66.4 Å². The Morgan fingerprint density at radius 1 is 1.33 bits per heavy atom. The standard InChI is InChI=1S/C10H23NO3S/c1-4-5-8-15(13,14)11-7-6-10(12)9(2)3/h9-12H,4-8H2,1-3H3. The van der Waals surface area contributed by atoms with Crippen LogP contribution in [0.5, 0.6) is 0 Å². The van der Waals surface area contributed by atoms with Gasteiger partial charge in [0, 0.05) is 6.54 Å². The van der Waals surface area contributed by atoms with Gasteiger partial charge in [-0.1, -0.05) is 27.2 Å². The SMILES string of the molecule is CCCCS(=O)(=O)NCCC(O)C(C)C. The molecule has 0 radical (unpaired) electrons. The van der Waals surface area contributed by atoms with Gasteiger partial charge in [0.2, 0.25) is 10.0 Å². The minimum Gasteiger partial charge on any atom is -0.393 e. The van der Waals surface area contributed by atoms with Crippen LogP contribution in [0.15, 0.2) is 0 Å². The van der Waals surface area contributed by atoms with Crippen molar-refractivity contribution in [3.8, 4) is 0 Å². The monoisotopic (exact) mass is 237 g/mol. The highest BCUT2D eigenvalue weighted by Crippen LogP contribution is 2.04. The van der Waals surface area contributed by atoms with Crippen LogP contribution in [-0.4, -0.2) is 31.9 Å². The summed E-state index contributed by atoms with van der Waals surface area (Å²) in [5.74, 6) is 0.353. The summed E-state index contributed by atoms with van der Waals surface area (Å²) in [4.78, 5) is 0. The minimum atomic E-state index is -3.13. The third kappa shape index (κ3) is 7.76. The van der Waals surface area contributed by atoms with Gasteiger partial charge in [-0.15, -0.1) is 0 Å². The number of nitrogens with one attached hydrogen (secondary N) is 1. The van der Waals surface area contributed by atoms with Crippen molar-refractivity contribution in [1.29, 1.82) is 0 Å². The molecule has 0 heterocycles. The maximum atomic E-state index is 11.3. The van der Waals surface area contributed by atoms with Crippen LogP contribution in [0.25, 0.3) is 0 Å². The van der Waals surface area contributed by atoms with Gasteiger partial charge in [0.1, 0.15) is 0 Å². The maximum absolute atomic E-state index is 11.3. The molecule has 0 aliphatic rings. The average molecular weight is 237 g/mol. The Morgan fingerprint density at radius 3 is 2.40 bits per heavy atom. The van der Waals surface area contributed by atoms with E-state index in [9.17, 15) is 13.5 Å². The number of unbranched alkanes of at least 4 members (excludes halogenated alkanes) is 1. The summed E-state index contributed by atoms with van der Waals surface area (Å²) in [5, 5.41) is 9.46. The van der Waals surface area contributed by atoms with E-state index in [1.54, 1.807) is 0 Å². The highest BCUT2D eigenvalue weighted by atomic mass is 32.2. The van der Waals surface area contributed by atoms with Gasteiger partial charge in [-0.2, -0.15) is 0 Å². The molecule has 0 aromatic heterocycles. The first kappa shape index (κ1) is 14.9. The van der Waals surface area contributed by atoms with Gasteiger partial charge in [-0.25, -0.2) is 13.1 Å². The molecule has 0 rings (SSSR count). The molecule has 0 aliphatic heterocycles. The molecule has 0 aromatic rings. The zero-order valence-electron chi connectivity index (χ0n) is 9.86. The molecule has 0 aliphatic carbocycles. The number of rotatable bonds is 8. The molecule has 4 nitrogen and oxygen atoms in total. The molecular formula is C10H23NO3S. The molecule has 5 heteroatoms. The lowest BCUT2D eigenvalue weighted by atomic mass is 10.1. The van der Waals surface area contributed by atoms with Gasteiger partial charge >= 0.3 is 0 Å². The summed E-state index contributed by atoms with van der Waals surface area (Å²) in [7, 11) is -3.13. The summed E-state index contributed by atoms with van der Waals surface area (Å²) in [6.45, 7) is 6.11. The van der Waals surface area contributed by atoms with Crippen LogP contribution in [-0.2, 0) is 10.0 Å². The Labute approximate surface area is 93.1 Å². The van der Waals surface area contributed by atoms with E-state index in [1.807, 2.05) is 20.8 Å². The Bertz CT molecular complexity index is 249. The molecule has 0 aromatic carbocycles. The Balaban J connectivity index is 3.75. The summed E-state index contributed by atoms with van der Waals surface area (Å²) >= 11 is 0. The number of sulfonamides is 1. The van der Waals surface area contributed by atoms with Crippen LogP contribution in [0.4, 0.5) is 0 Å². The van der Waals surface area contributed by atoms with Crippen LogP contribution in [0, 0.1) is 5.92 Å². The van der Waals surface area contributed by atoms with E-state index in [2.05, 4.69) is 4.72 Å². The van der Waals surface area contributed by atoms with Crippen LogP contribution >= 0.6 is 0 Å². The lowest BCUT2D eigenvalue weighted by molar-refractivity contribution is 0.118. The van der Waals surface area contributed by atoms with E-state index < -0.39 is 16.1 Å². The minimum absolute atomic E-state index is 0.171. The van der Waals surface area contributed by atoms with E-state index in [4.69, 9.17) is 0 Å². The van der Waals surface area contributed by atoms with E-state index in [-0.39, 0.29) is 11.7 Å². The molecule has 0 fully saturated rings. The van der Waals surface area contributed by atoms with Crippen molar-refractivity contribution >= 4 is 10.0 Å². The first-order valence-corrected chi connectivity index (χ1v) is 7.19. The molecule has 0 saturated heterocycles. The average Bonchev–Trinajstić information content (AvgIpc) is 2.14. The quantitative estimate of drug-likeness (QED) is 0.664.